The zero-order valence-electron chi connectivity index (χ0n) is 10.3. The van der Waals surface area contributed by atoms with Crippen LogP contribution in [0.3, 0.4) is 0 Å². The van der Waals surface area contributed by atoms with Gasteiger partial charge in [-0.1, -0.05) is 37.6 Å². The first-order chi connectivity index (χ1) is 8.24. The van der Waals surface area contributed by atoms with Crippen LogP contribution < -0.4 is 0 Å². The number of hydrogen-bond donors (Lipinski definition) is 0. The Morgan fingerprint density at radius 2 is 1.94 bits per heavy atom. The molecule has 0 saturated carbocycles. The molecular formula is C14H17ClN2. The molecule has 0 aliphatic heterocycles. The van der Waals surface area contributed by atoms with Gasteiger partial charge in [0.25, 0.3) is 0 Å². The van der Waals surface area contributed by atoms with Gasteiger partial charge in [-0.05, 0) is 23.6 Å². The predicted octanol–water partition coefficient (Wildman–Crippen LogP) is 3.78. The van der Waals surface area contributed by atoms with Crippen molar-refractivity contribution in [2.45, 2.75) is 25.6 Å². The highest BCUT2D eigenvalue weighted by molar-refractivity contribution is 6.16. The van der Waals surface area contributed by atoms with E-state index in [1.165, 1.54) is 17.5 Å². The molecule has 0 amide bonds. The fourth-order valence-corrected chi connectivity index (χ4v) is 2.12. The van der Waals surface area contributed by atoms with Crippen molar-refractivity contribution in [3.63, 3.8) is 0 Å². The van der Waals surface area contributed by atoms with Gasteiger partial charge in [0.15, 0.2) is 0 Å². The highest BCUT2D eigenvalue weighted by atomic mass is 35.5. The van der Waals surface area contributed by atoms with E-state index in [2.05, 4.69) is 36.3 Å². The van der Waals surface area contributed by atoms with Gasteiger partial charge >= 0.3 is 0 Å². The van der Waals surface area contributed by atoms with Crippen LogP contribution in [0.2, 0.25) is 0 Å². The molecule has 3 heteroatoms. The summed E-state index contributed by atoms with van der Waals surface area (Å²) in [5.41, 5.74) is 4.61. The molecule has 1 heterocycles. The maximum absolute atomic E-state index is 5.79. The van der Waals surface area contributed by atoms with E-state index in [4.69, 9.17) is 11.6 Å². The van der Waals surface area contributed by atoms with Gasteiger partial charge in [-0.15, -0.1) is 11.6 Å². The van der Waals surface area contributed by atoms with E-state index < -0.39 is 0 Å². The van der Waals surface area contributed by atoms with E-state index in [1.54, 1.807) is 0 Å². The summed E-state index contributed by atoms with van der Waals surface area (Å²) >= 11 is 5.79. The van der Waals surface area contributed by atoms with Gasteiger partial charge in [0.05, 0.1) is 17.3 Å². The van der Waals surface area contributed by atoms with Gasteiger partial charge in [0.2, 0.25) is 0 Å². The summed E-state index contributed by atoms with van der Waals surface area (Å²) in [5.74, 6) is 0.460. The van der Waals surface area contributed by atoms with Crippen LogP contribution in [0.15, 0.2) is 30.3 Å². The summed E-state index contributed by atoms with van der Waals surface area (Å²) in [6.45, 7) is 2.20. The normalized spacial score (nSPS) is 10.8. The first-order valence-electron chi connectivity index (χ1n) is 5.92. The Bertz CT molecular complexity index is 485. The Morgan fingerprint density at radius 3 is 2.47 bits per heavy atom. The fraction of sp³-hybridized carbons (Fsp3) is 0.357. The van der Waals surface area contributed by atoms with Gasteiger partial charge in [-0.3, -0.25) is 4.68 Å². The van der Waals surface area contributed by atoms with E-state index in [-0.39, 0.29) is 0 Å². The molecule has 0 aliphatic rings. The highest BCUT2D eigenvalue weighted by Gasteiger charge is 2.06. The third-order valence-electron chi connectivity index (χ3n) is 2.86. The average Bonchev–Trinajstić information content (AvgIpc) is 2.72. The van der Waals surface area contributed by atoms with Crippen LogP contribution in [0.1, 0.15) is 24.6 Å². The molecule has 2 nitrogen and oxygen atoms in total. The molecule has 0 atom stereocenters. The number of rotatable bonds is 4. The third-order valence-corrected chi connectivity index (χ3v) is 3.13. The zero-order valence-corrected chi connectivity index (χ0v) is 11.0. The second-order valence-corrected chi connectivity index (χ2v) is 4.49. The minimum absolute atomic E-state index is 0.460. The Kier molecular flexibility index (Phi) is 3.85. The standard InChI is InChI=1S/C14H17ClN2/c1-3-4-11-5-7-12(8-6-11)14-9-13(10-15)16-17(14)2/h5-9H,3-4,10H2,1-2H3. The monoisotopic (exact) mass is 248 g/mol. The van der Waals surface area contributed by atoms with E-state index in [1.807, 2.05) is 17.8 Å². The minimum atomic E-state index is 0.460. The van der Waals surface area contributed by atoms with Crippen molar-refractivity contribution in [1.82, 2.24) is 9.78 Å². The Labute approximate surface area is 107 Å². The van der Waals surface area contributed by atoms with Gasteiger partial charge in [-0.2, -0.15) is 5.10 Å². The van der Waals surface area contributed by atoms with E-state index in [0.717, 1.165) is 17.8 Å². The molecule has 0 spiro atoms. The number of halogens is 1. The molecular weight excluding hydrogens is 232 g/mol. The molecule has 0 fully saturated rings. The third kappa shape index (κ3) is 2.70. The lowest BCUT2D eigenvalue weighted by Gasteiger charge is -2.03. The van der Waals surface area contributed by atoms with Crippen LogP contribution in [0.4, 0.5) is 0 Å². The summed E-state index contributed by atoms with van der Waals surface area (Å²) in [4.78, 5) is 0. The van der Waals surface area contributed by atoms with Gasteiger partial charge < -0.3 is 0 Å². The molecule has 0 bridgehead atoms. The second kappa shape index (κ2) is 5.37. The number of aryl methyl sites for hydroxylation is 2. The predicted molar refractivity (Wildman–Crippen MR) is 72.2 cm³/mol. The van der Waals surface area contributed by atoms with Gasteiger partial charge in [0.1, 0.15) is 0 Å². The van der Waals surface area contributed by atoms with Crippen LogP contribution in [-0.2, 0) is 19.3 Å². The maximum atomic E-state index is 5.79. The molecule has 0 unspecified atom stereocenters. The van der Waals surface area contributed by atoms with Crippen molar-refractivity contribution in [1.29, 1.82) is 0 Å². The number of benzene rings is 1. The largest absolute Gasteiger partial charge is 0.268 e. The summed E-state index contributed by atoms with van der Waals surface area (Å²) in [5, 5.41) is 4.35. The van der Waals surface area contributed by atoms with E-state index in [0.29, 0.717) is 5.88 Å². The molecule has 1 aromatic carbocycles. The first-order valence-corrected chi connectivity index (χ1v) is 6.46. The summed E-state index contributed by atoms with van der Waals surface area (Å²) in [6, 6.07) is 10.7. The molecule has 0 N–H and O–H groups in total. The molecule has 90 valence electrons. The van der Waals surface area contributed by atoms with Crippen LogP contribution >= 0.6 is 11.6 Å². The number of aromatic nitrogens is 2. The van der Waals surface area contributed by atoms with Crippen molar-refractivity contribution in [2.24, 2.45) is 7.05 Å². The van der Waals surface area contributed by atoms with Crippen LogP contribution in [-0.4, -0.2) is 9.78 Å². The summed E-state index contributed by atoms with van der Waals surface area (Å²) in [6.07, 6.45) is 2.32. The molecule has 0 radical (unpaired) electrons. The lowest BCUT2D eigenvalue weighted by molar-refractivity contribution is 0.761. The smallest absolute Gasteiger partial charge is 0.0778 e. The molecule has 2 aromatic rings. The molecule has 17 heavy (non-hydrogen) atoms. The summed E-state index contributed by atoms with van der Waals surface area (Å²) in [7, 11) is 1.95. The average molecular weight is 249 g/mol. The number of alkyl halides is 1. The van der Waals surface area contributed by atoms with Crippen molar-refractivity contribution in [3.8, 4) is 11.3 Å². The molecule has 2 rings (SSSR count). The number of nitrogens with zero attached hydrogens (tertiary/aromatic N) is 2. The van der Waals surface area contributed by atoms with Gasteiger partial charge in [-0.25, -0.2) is 0 Å². The van der Waals surface area contributed by atoms with E-state index in [9.17, 15) is 0 Å². The number of hydrogen-bond acceptors (Lipinski definition) is 1. The first kappa shape index (κ1) is 12.2. The quantitative estimate of drug-likeness (QED) is 0.753. The van der Waals surface area contributed by atoms with Crippen LogP contribution in [0.5, 0.6) is 0 Å². The topological polar surface area (TPSA) is 17.8 Å². The van der Waals surface area contributed by atoms with Crippen LogP contribution in [0, 0.1) is 0 Å². The maximum Gasteiger partial charge on any atom is 0.0778 e. The van der Waals surface area contributed by atoms with Crippen molar-refractivity contribution >= 4 is 11.6 Å². The van der Waals surface area contributed by atoms with E-state index >= 15 is 0 Å². The van der Waals surface area contributed by atoms with Gasteiger partial charge in [0, 0.05) is 7.05 Å². The Hall–Kier alpha value is -1.28. The molecule has 1 aromatic heterocycles. The minimum Gasteiger partial charge on any atom is -0.268 e. The van der Waals surface area contributed by atoms with Crippen molar-refractivity contribution in [2.75, 3.05) is 0 Å². The highest BCUT2D eigenvalue weighted by Crippen LogP contribution is 2.21. The SMILES string of the molecule is CCCc1ccc(-c2cc(CCl)nn2C)cc1. The van der Waals surface area contributed by atoms with Crippen molar-refractivity contribution < 1.29 is 0 Å². The summed E-state index contributed by atoms with van der Waals surface area (Å²) < 4.78 is 1.88. The fourth-order valence-electron chi connectivity index (χ4n) is 1.99. The van der Waals surface area contributed by atoms with Crippen molar-refractivity contribution in [3.05, 3.63) is 41.6 Å². The Balaban J connectivity index is 2.29. The lowest BCUT2D eigenvalue weighted by Crippen LogP contribution is -1.94. The molecule has 0 saturated heterocycles. The zero-order chi connectivity index (χ0) is 12.3. The molecule has 0 aliphatic carbocycles. The lowest BCUT2D eigenvalue weighted by atomic mass is 10.1. The Morgan fingerprint density at radius 1 is 1.24 bits per heavy atom. The second-order valence-electron chi connectivity index (χ2n) is 4.23. The van der Waals surface area contributed by atoms with Crippen LogP contribution in [0.25, 0.3) is 11.3 Å².